The molecule has 3 rings (SSSR count). The third kappa shape index (κ3) is 8.86. The Labute approximate surface area is 237 Å². The lowest BCUT2D eigenvalue weighted by atomic mass is 10.0. The van der Waals surface area contributed by atoms with Crippen molar-refractivity contribution in [1.29, 1.82) is 0 Å². The maximum Gasteiger partial charge on any atom is 0.326 e. The van der Waals surface area contributed by atoms with Gasteiger partial charge >= 0.3 is 17.9 Å². The highest BCUT2D eigenvalue weighted by Gasteiger charge is 2.25. The van der Waals surface area contributed by atoms with Crippen LogP contribution in [0.15, 0.2) is 29.6 Å². The molecule has 0 radical (unpaired) electrons. The van der Waals surface area contributed by atoms with E-state index < -0.39 is 54.6 Å². The van der Waals surface area contributed by atoms with Gasteiger partial charge in [-0.3, -0.25) is 14.4 Å². The van der Waals surface area contributed by atoms with Gasteiger partial charge in [-0.2, -0.15) is 4.98 Å². The number of nitrogens with two attached hydrogens (primary N) is 2. The molecule has 2 atom stereocenters. The van der Waals surface area contributed by atoms with Crippen molar-refractivity contribution in [2.24, 2.45) is 0 Å². The lowest BCUT2D eigenvalue weighted by Gasteiger charge is -2.16. The van der Waals surface area contributed by atoms with Gasteiger partial charge in [-0.25, -0.2) is 14.6 Å². The second-order valence-corrected chi connectivity index (χ2v) is 10.1. The number of benzene rings is 1. The molecule has 14 nitrogen and oxygen atoms in total. The molecule has 1 aromatic carbocycles. The van der Waals surface area contributed by atoms with Gasteiger partial charge in [0.25, 0.3) is 5.91 Å². The van der Waals surface area contributed by atoms with Crippen molar-refractivity contribution in [3.05, 3.63) is 46.3 Å². The summed E-state index contributed by atoms with van der Waals surface area (Å²) in [6.07, 6.45) is 0.772. The lowest BCUT2D eigenvalue weighted by Crippen LogP contribution is -2.44. The Hall–Kier alpha value is -4.79. The molecule has 2 amide bonds. The summed E-state index contributed by atoms with van der Waals surface area (Å²) >= 11 is 1.45. The van der Waals surface area contributed by atoms with Crippen LogP contribution in [0.2, 0.25) is 0 Å². The molecule has 3 aromatic rings. The quantitative estimate of drug-likeness (QED) is 0.134. The van der Waals surface area contributed by atoms with Crippen LogP contribution in [0.4, 0.5) is 11.8 Å². The zero-order valence-corrected chi connectivity index (χ0v) is 22.6. The number of nitrogens with one attached hydrogen (secondary N) is 2. The monoisotopic (exact) mass is 586 g/mol. The molecule has 2 heterocycles. The predicted octanol–water partition coefficient (Wildman–Crippen LogP) is 1.43. The van der Waals surface area contributed by atoms with Crippen LogP contribution in [0, 0.1) is 0 Å². The Balaban J connectivity index is 1.50. The molecule has 0 saturated carbocycles. The Bertz CT molecular complexity index is 1440. The number of aliphatic carboxylic acids is 3. The maximum absolute atomic E-state index is 12.6. The number of aromatic nitrogens is 2. The molecule has 9 N–H and O–H groups in total. The first-order valence-corrected chi connectivity index (χ1v) is 13.5. The number of anilines is 2. The number of carbonyl (C=O) groups is 5. The fraction of sp³-hybridized carbons (Fsp3) is 0.346. The van der Waals surface area contributed by atoms with E-state index in [1.807, 2.05) is 5.38 Å². The Morgan fingerprint density at radius 1 is 0.854 bits per heavy atom. The highest BCUT2D eigenvalue weighted by molar-refractivity contribution is 7.17. The number of aryl methyl sites for hydroxylation is 2. The largest absolute Gasteiger partial charge is 0.481 e. The number of hydrogen-bond donors (Lipinski definition) is 7. The second-order valence-electron chi connectivity index (χ2n) is 9.25. The molecule has 15 heteroatoms. The SMILES string of the molecule is Nc1nc(N)c2c(CCCc3ccc(C(=O)N[C@@H](CCC(=O)N[C@@H](CCC(=O)O)C(=O)O)C(=O)O)cc3)csc2n1. The van der Waals surface area contributed by atoms with Crippen LogP contribution in [0.1, 0.15) is 53.6 Å². The molecule has 0 bridgehead atoms. The smallest absolute Gasteiger partial charge is 0.326 e. The third-order valence-electron chi connectivity index (χ3n) is 6.23. The molecule has 41 heavy (non-hydrogen) atoms. The molecule has 0 aliphatic carbocycles. The van der Waals surface area contributed by atoms with Crippen LogP contribution in [-0.2, 0) is 32.0 Å². The molecule has 2 aromatic heterocycles. The van der Waals surface area contributed by atoms with E-state index in [2.05, 4.69) is 20.6 Å². The van der Waals surface area contributed by atoms with E-state index in [4.69, 9.17) is 21.7 Å². The third-order valence-corrected chi connectivity index (χ3v) is 7.15. The molecule has 0 aliphatic rings. The number of rotatable bonds is 15. The zero-order valence-electron chi connectivity index (χ0n) is 21.8. The lowest BCUT2D eigenvalue weighted by molar-refractivity contribution is -0.143. The van der Waals surface area contributed by atoms with E-state index in [1.54, 1.807) is 24.3 Å². The first-order chi connectivity index (χ1) is 19.4. The highest BCUT2D eigenvalue weighted by atomic mass is 32.1. The van der Waals surface area contributed by atoms with Crippen molar-refractivity contribution >= 4 is 63.0 Å². The second kappa shape index (κ2) is 14.0. The van der Waals surface area contributed by atoms with E-state index in [-0.39, 0.29) is 24.4 Å². The summed E-state index contributed by atoms with van der Waals surface area (Å²) in [5.74, 6) is -4.93. The van der Waals surface area contributed by atoms with Crippen LogP contribution < -0.4 is 22.1 Å². The number of thiophene rings is 1. The van der Waals surface area contributed by atoms with Crippen molar-refractivity contribution < 1.29 is 39.3 Å². The molecule has 0 unspecified atom stereocenters. The van der Waals surface area contributed by atoms with Gasteiger partial charge in [0.05, 0.1) is 5.39 Å². The average Bonchev–Trinajstić information content (AvgIpc) is 3.31. The predicted molar refractivity (Wildman–Crippen MR) is 149 cm³/mol. The van der Waals surface area contributed by atoms with Crippen LogP contribution in [0.5, 0.6) is 0 Å². The van der Waals surface area contributed by atoms with Gasteiger partial charge in [0.15, 0.2) is 0 Å². The number of nitrogens with zero attached hydrogens (tertiary/aromatic N) is 2. The van der Waals surface area contributed by atoms with Gasteiger partial charge < -0.3 is 37.4 Å². The zero-order chi connectivity index (χ0) is 30.1. The minimum atomic E-state index is -1.42. The average molecular weight is 587 g/mol. The first-order valence-electron chi connectivity index (χ1n) is 12.6. The number of fused-ring (bicyclic) bond motifs is 1. The van der Waals surface area contributed by atoms with Crippen molar-refractivity contribution in [3.63, 3.8) is 0 Å². The number of nitrogen functional groups attached to an aromatic ring is 2. The fourth-order valence-corrected chi connectivity index (χ4v) is 5.09. The number of carboxylic acids is 3. The van der Waals surface area contributed by atoms with Gasteiger partial charge in [0.1, 0.15) is 22.7 Å². The van der Waals surface area contributed by atoms with Crippen molar-refractivity contribution in [3.8, 4) is 0 Å². The van der Waals surface area contributed by atoms with Crippen molar-refractivity contribution in [2.75, 3.05) is 11.5 Å². The van der Waals surface area contributed by atoms with Gasteiger partial charge in [0, 0.05) is 18.4 Å². The molecule has 218 valence electrons. The molecule has 0 spiro atoms. The minimum Gasteiger partial charge on any atom is -0.481 e. The number of hydrogen-bond acceptors (Lipinski definition) is 10. The summed E-state index contributed by atoms with van der Waals surface area (Å²) in [5.41, 5.74) is 13.9. The summed E-state index contributed by atoms with van der Waals surface area (Å²) in [7, 11) is 0. The van der Waals surface area contributed by atoms with Gasteiger partial charge in [0.2, 0.25) is 11.9 Å². The van der Waals surface area contributed by atoms with E-state index in [0.29, 0.717) is 12.2 Å². The summed E-state index contributed by atoms with van der Waals surface area (Å²) in [6.45, 7) is 0. The Morgan fingerprint density at radius 3 is 2.12 bits per heavy atom. The summed E-state index contributed by atoms with van der Waals surface area (Å²) in [6, 6.07) is 3.86. The van der Waals surface area contributed by atoms with E-state index in [0.717, 1.165) is 34.2 Å². The maximum atomic E-state index is 12.6. The summed E-state index contributed by atoms with van der Waals surface area (Å²) in [5, 5.41) is 34.7. The van der Waals surface area contributed by atoms with Gasteiger partial charge in [-0.05, 0) is 60.7 Å². The van der Waals surface area contributed by atoms with Crippen LogP contribution in [-0.4, -0.2) is 67.1 Å². The number of carbonyl (C=O) groups excluding carboxylic acids is 2. The van der Waals surface area contributed by atoms with Crippen LogP contribution in [0.3, 0.4) is 0 Å². The Kier molecular flexibility index (Phi) is 10.5. The van der Waals surface area contributed by atoms with Gasteiger partial charge in [-0.15, -0.1) is 11.3 Å². The van der Waals surface area contributed by atoms with Crippen molar-refractivity contribution in [1.82, 2.24) is 20.6 Å². The highest BCUT2D eigenvalue weighted by Crippen LogP contribution is 2.30. The van der Waals surface area contributed by atoms with Gasteiger partial charge in [-0.1, -0.05) is 12.1 Å². The van der Waals surface area contributed by atoms with Crippen molar-refractivity contribution in [2.45, 2.75) is 57.0 Å². The molecular weight excluding hydrogens is 556 g/mol. The molecular formula is C26H30N6O8S. The summed E-state index contributed by atoms with van der Waals surface area (Å²) in [4.78, 5) is 67.3. The topological polar surface area (TPSA) is 248 Å². The molecule has 0 fully saturated rings. The molecule has 0 saturated heterocycles. The van der Waals surface area contributed by atoms with Crippen LogP contribution in [0.25, 0.3) is 10.2 Å². The standard InChI is InChI=1S/C26H30N6O8S/c27-21-20-15(12-41-23(20)32-26(28)31-21)3-1-2-13-4-6-14(7-5-13)22(36)30-17(25(39)40)8-10-18(33)29-16(24(37)38)9-11-19(34)35/h4-7,12,16-17H,1-3,8-11H2,(H,29,33)(H,30,36)(H,34,35)(H,37,38)(H,39,40)(H4,27,28,31,32)/t16-,17-/m0/s1. The fourth-order valence-electron chi connectivity index (χ4n) is 4.10. The first kappa shape index (κ1) is 30.7. The molecule has 0 aliphatic heterocycles. The van der Waals surface area contributed by atoms with E-state index in [9.17, 15) is 29.1 Å². The minimum absolute atomic E-state index is 0.131. The van der Waals surface area contributed by atoms with E-state index in [1.165, 1.54) is 11.3 Å². The van der Waals surface area contributed by atoms with E-state index >= 15 is 0 Å². The number of amides is 2. The van der Waals surface area contributed by atoms with Crippen LogP contribution >= 0.6 is 11.3 Å². The Morgan fingerprint density at radius 2 is 1.49 bits per heavy atom. The normalized spacial score (nSPS) is 12.4. The summed E-state index contributed by atoms with van der Waals surface area (Å²) < 4.78 is 0. The number of carboxylic acid groups (broad SMARTS) is 3.